The topological polar surface area (TPSA) is 58.0 Å². The molecular formula is C9H11N3O. The number of aryl methyl sites for hydroxylation is 1. The molecular weight excluding hydrogens is 166 g/mol. The molecule has 0 N–H and O–H groups in total. The Hall–Kier alpha value is -1.67. The van der Waals surface area contributed by atoms with Crippen LogP contribution in [0.15, 0.2) is 29.4 Å². The molecule has 1 aromatic carbocycles. The van der Waals surface area contributed by atoms with Crippen molar-refractivity contribution in [2.45, 2.75) is 13.3 Å². The van der Waals surface area contributed by atoms with Crippen LogP contribution in [0.2, 0.25) is 0 Å². The lowest BCUT2D eigenvalue weighted by Crippen LogP contribution is -1.92. The van der Waals surface area contributed by atoms with E-state index in [1.807, 2.05) is 24.3 Å². The highest BCUT2D eigenvalue weighted by atomic mass is 16.5. The Bertz CT molecular complexity index is 318. The fourth-order valence-corrected chi connectivity index (χ4v) is 0.984. The van der Waals surface area contributed by atoms with Crippen LogP contribution in [0.3, 0.4) is 0 Å². The number of ether oxygens (including phenoxy) is 1. The molecule has 0 aromatic heterocycles. The van der Waals surface area contributed by atoms with E-state index in [1.54, 1.807) is 0 Å². The van der Waals surface area contributed by atoms with Crippen molar-refractivity contribution in [2.24, 2.45) is 5.11 Å². The van der Waals surface area contributed by atoms with Gasteiger partial charge in [-0.25, -0.2) is 0 Å². The van der Waals surface area contributed by atoms with Gasteiger partial charge in [0.2, 0.25) is 0 Å². The maximum atomic E-state index is 8.02. The van der Waals surface area contributed by atoms with Gasteiger partial charge < -0.3 is 4.74 Å². The Labute approximate surface area is 76.8 Å². The molecule has 0 aliphatic rings. The molecule has 1 aromatic rings. The molecule has 0 aliphatic carbocycles. The molecule has 13 heavy (non-hydrogen) atoms. The molecule has 0 saturated carbocycles. The zero-order valence-corrected chi connectivity index (χ0v) is 7.47. The van der Waals surface area contributed by atoms with Gasteiger partial charge in [0.05, 0.1) is 0 Å². The zero-order valence-electron chi connectivity index (χ0n) is 7.47. The summed E-state index contributed by atoms with van der Waals surface area (Å²) in [6.07, 6.45) is 0.971. The van der Waals surface area contributed by atoms with Crippen molar-refractivity contribution in [3.05, 3.63) is 40.3 Å². The minimum atomic E-state index is 0.0453. The van der Waals surface area contributed by atoms with Crippen molar-refractivity contribution < 1.29 is 4.74 Å². The summed E-state index contributed by atoms with van der Waals surface area (Å²) in [7, 11) is 0. The Morgan fingerprint density at radius 1 is 1.54 bits per heavy atom. The van der Waals surface area contributed by atoms with Gasteiger partial charge >= 0.3 is 0 Å². The van der Waals surface area contributed by atoms with Gasteiger partial charge in [-0.15, -0.1) is 0 Å². The molecule has 0 fully saturated rings. The van der Waals surface area contributed by atoms with E-state index in [4.69, 9.17) is 10.3 Å². The first-order chi connectivity index (χ1) is 6.36. The van der Waals surface area contributed by atoms with Crippen molar-refractivity contribution in [1.29, 1.82) is 0 Å². The van der Waals surface area contributed by atoms with E-state index in [0.717, 1.165) is 12.2 Å². The van der Waals surface area contributed by atoms with E-state index in [1.165, 1.54) is 5.56 Å². The number of nitrogens with zero attached hydrogens (tertiary/aromatic N) is 3. The molecule has 4 nitrogen and oxygen atoms in total. The fraction of sp³-hybridized carbons (Fsp3) is 0.333. The van der Waals surface area contributed by atoms with Crippen molar-refractivity contribution in [3.8, 4) is 5.75 Å². The van der Waals surface area contributed by atoms with Crippen LogP contribution >= 0.6 is 0 Å². The summed E-state index contributed by atoms with van der Waals surface area (Å²) < 4.78 is 5.17. The second kappa shape index (κ2) is 5.06. The molecule has 0 heterocycles. The monoisotopic (exact) mass is 177 g/mol. The van der Waals surface area contributed by atoms with Crippen molar-refractivity contribution in [3.63, 3.8) is 0 Å². The second-order valence-electron chi connectivity index (χ2n) is 2.51. The lowest BCUT2D eigenvalue weighted by atomic mass is 10.2. The average Bonchev–Trinajstić information content (AvgIpc) is 2.19. The van der Waals surface area contributed by atoms with Crippen LogP contribution in [0, 0.1) is 0 Å². The summed E-state index contributed by atoms with van der Waals surface area (Å²) in [5.74, 6) is 0.742. The summed E-state index contributed by atoms with van der Waals surface area (Å²) in [5, 5.41) is 3.28. The molecule has 4 heteroatoms. The number of hydrogen-bond donors (Lipinski definition) is 0. The number of benzene rings is 1. The number of azide groups is 1. The minimum Gasteiger partial charge on any atom is -0.488 e. The van der Waals surface area contributed by atoms with Crippen LogP contribution in [0.1, 0.15) is 12.5 Å². The number of rotatable bonds is 4. The minimum absolute atomic E-state index is 0.0453. The second-order valence-corrected chi connectivity index (χ2v) is 2.51. The molecule has 0 spiro atoms. The Morgan fingerprint density at radius 3 is 3.08 bits per heavy atom. The third-order valence-electron chi connectivity index (χ3n) is 1.66. The van der Waals surface area contributed by atoms with E-state index in [9.17, 15) is 0 Å². The van der Waals surface area contributed by atoms with Gasteiger partial charge in [-0.1, -0.05) is 24.2 Å². The third kappa shape index (κ3) is 3.05. The number of hydrogen-bond acceptors (Lipinski definition) is 2. The van der Waals surface area contributed by atoms with Gasteiger partial charge in [-0.3, -0.25) is 0 Å². The third-order valence-corrected chi connectivity index (χ3v) is 1.66. The van der Waals surface area contributed by atoms with Gasteiger partial charge in [0.15, 0.2) is 6.73 Å². The lowest BCUT2D eigenvalue weighted by molar-refractivity contribution is 0.329. The highest BCUT2D eigenvalue weighted by molar-refractivity contribution is 5.28. The summed E-state index contributed by atoms with van der Waals surface area (Å²) >= 11 is 0. The highest BCUT2D eigenvalue weighted by Gasteiger charge is 1.93. The van der Waals surface area contributed by atoms with Gasteiger partial charge in [-0.05, 0) is 29.6 Å². The maximum Gasteiger partial charge on any atom is 0.167 e. The van der Waals surface area contributed by atoms with Crippen molar-refractivity contribution in [2.75, 3.05) is 6.73 Å². The predicted octanol–water partition coefficient (Wildman–Crippen LogP) is 2.90. The molecule has 0 radical (unpaired) electrons. The van der Waals surface area contributed by atoms with E-state index in [2.05, 4.69) is 16.9 Å². The molecule has 1 rings (SSSR count). The van der Waals surface area contributed by atoms with Crippen LogP contribution in [0.5, 0.6) is 5.75 Å². The standard InChI is InChI=1S/C9H11N3O/c1-2-8-4-3-5-9(6-8)13-7-11-12-10/h3-6H,2,7H2,1H3. The van der Waals surface area contributed by atoms with E-state index < -0.39 is 0 Å². The summed E-state index contributed by atoms with van der Waals surface area (Å²) in [4.78, 5) is 2.59. The molecule has 0 saturated heterocycles. The van der Waals surface area contributed by atoms with Crippen LogP contribution in [-0.4, -0.2) is 6.73 Å². The van der Waals surface area contributed by atoms with Crippen LogP contribution < -0.4 is 4.74 Å². The quantitative estimate of drug-likeness (QED) is 0.396. The molecule has 0 bridgehead atoms. The first-order valence-electron chi connectivity index (χ1n) is 4.09. The summed E-state index contributed by atoms with van der Waals surface area (Å²) in [6.45, 7) is 2.12. The van der Waals surface area contributed by atoms with Gasteiger partial charge in [0.1, 0.15) is 5.75 Å². The van der Waals surface area contributed by atoms with E-state index in [-0.39, 0.29) is 6.73 Å². The average molecular weight is 177 g/mol. The lowest BCUT2D eigenvalue weighted by Gasteiger charge is -2.03. The summed E-state index contributed by atoms with van der Waals surface area (Å²) in [6, 6.07) is 7.73. The van der Waals surface area contributed by atoms with E-state index >= 15 is 0 Å². The molecule has 0 amide bonds. The fourth-order valence-electron chi connectivity index (χ4n) is 0.984. The molecule has 0 unspecified atom stereocenters. The SMILES string of the molecule is CCc1cccc(OCN=[N+]=[N-])c1. The largest absolute Gasteiger partial charge is 0.488 e. The molecule has 0 aliphatic heterocycles. The van der Waals surface area contributed by atoms with Crippen LogP contribution in [0.25, 0.3) is 10.4 Å². The molecule has 0 atom stereocenters. The summed E-state index contributed by atoms with van der Waals surface area (Å²) in [5.41, 5.74) is 9.23. The Kier molecular flexibility index (Phi) is 3.67. The first-order valence-corrected chi connectivity index (χ1v) is 4.09. The van der Waals surface area contributed by atoms with Gasteiger partial charge in [-0.2, -0.15) is 0 Å². The molecule has 68 valence electrons. The van der Waals surface area contributed by atoms with Crippen molar-refractivity contribution in [1.82, 2.24) is 0 Å². The Balaban J connectivity index is 2.60. The zero-order chi connectivity index (χ0) is 9.52. The predicted molar refractivity (Wildman–Crippen MR) is 50.5 cm³/mol. The van der Waals surface area contributed by atoms with Gasteiger partial charge in [0.25, 0.3) is 0 Å². The maximum absolute atomic E-state index is 8.02. The van der Waals surface area contributed by atoms with Crippen LogP contribution in [0.4, 0.5) is 0 Å². The first kappa shape index (κ1) is 9.42. The van der Waals surface area contributed by atoms with Crippen LogP contribution in [-0.2, 0) is 6.42 Å². The van der Waals surface area contributed by atoms with E-state index in [0.29, 0.717) is 0 Å². The van der Waals surface area contributed by atoms with Gasteiger partial charge in [0, 0.05) is 4.91 Å². The normalized spacial score (nSPS) is 9.00. The smallest absolute Gasteiger partial charge is 0.167 e. The highest BCUT2D eigenvalue weighted by Crippen LogP contribution is 2.13. The van der Waals surface area contributed by atoms with Crippen molar-refractivity contribution >= 4 is 0 Å². The Morgan fingerprint density at radius 2 is 2.38 bits per heavy atom.